The summed E-state index contributed by atoms with van der Waals surface area (Å²) in [6, 6.07) is 9.46. The molecule has 0 atom stereocenters. The van der Waals surface area contributed by atoms with Crippen molar-refractivity contribution >= 4 is 39.0 Å². The van der Waals surface area contributed by atoms with Crippen LogP contribution in [-0.2, 0) is 4.74 Å². The average molecular weight is 300 g/mol. The number of anilines is 2. The van der Waals surface area contributed by atoms with Gasteiger partial charge >= 0.3 is 5.97 Å². The van der Waals surface area contributed by atoms with Crippen LogP contribution in [0.15, 0.2) is 30.3 Å². The highest BCUT2D eigenvalue weighted by molar-refractivity contribution is 7.21. The number of carbonyl (C=O) groups excluding carboxylic acids is 1. The fraction of sp³-hybridized carbons (Fsp3) is 0.0714. The number of benzene rings is 1. The van der Waals surface area contributed by atoms with Crippen LogP contribution in [0, 0.1) is 0 Å². The Morgan fingerprint density at radius 2 is 1.90 bits per heavy atom. The van der Waals surface area contributed by atoms with E-state index in [1.54, 1.807) is 0 Å². The number of rotatable bonds is 2. The van der Waals surface area contributed by atoms with Gasteiger partial charge in [0, 0.05) is 5.56 Å². The van der Waals surface area contributed by atoms with Crippen molar-refractivity contribution in [2.45, 2.75) is 0 Å². The highest BCUT2D eigenvalue weighted by Gasteiger charge is 2.21. The molecule has 3 aromatic rings. The fourth-order valence-corrected chi connectivity index (χ4v) is 3.03. The normalized spacial score (nSPS) is 10.7. The molecule has 21 heavy (non-hydrogen) atoms. The average Bonchev–Trinajstić information content (AvgIpc) is 2.85. The van der Waals surface area contributed by atoms with Gasteiger partial charge in [0.05, 0.1) is 18.2 Å². The minimum atomic E-state index is -0.504. The van der Waals surface area contributed by atoms with Gasteiger partial charge in [-0.1, -0.05) is 30.3 Å². The smallest absolute Gasteiger partial charge is 0.350 e. The van der Waals surface area contributed by atoms with E-state index in [1.807, 2.05) is 30.3 Å². The maximum Gasteiger partial charge on any atom is 0.350 e. The van der Waals surface area contributed by atoms with E-state index in [-0.39, 0.29) is 11.5 Å². The number of thiophene rings is 1. The molecule has 0 saturated heterocycles. The maximum absolute atomic E-state index is 11.7. The molecule has 2 aromatic heterocycles. The van der Waals surface area contributed by atoms with Gasteiger partial charge in [0.15, 0.2) is 5.82 Å². The van der Waals surface area contributed by atoms with Crippen molar-refractivity contribution in [3.8, 4) is 11.4 Å². The number of hydrogen-bond donors (Lipinski definition) is 2. The van der Waals surface area contributed by atoms with Gasteiger partial charge in [-0.3, -0.25) is 0 Å². The Hall–Kier alpha value is -2.67. The van der Waals surface area contributed by atoms with E-state index in [0.717, 1.165) is 16.9 Å². The first-order valence-corrected chi connectivity index (χ1v) is 6.92. The fourth-order valence-electron chi connectivity index (χ4n) is 2.01. The van der Waals surface area contributed by atoms with Gasteiger partial charge in [-0.05, 0) is 0 Å². The molecule has 0 aliphatic heterocycles. The van der Waals surface area contributed by atoms with Gasteiger partial charge in [0.2, 0.25) is 0 Å². The van der Waals surface area contributed by atoms with Crippen molar-refractivity contribution in [2.24, 2.45) is 0 Å². The largest absolute Gasteiger partial charge is 0.465 e. The Bertz CT molecular complexity index is 830. The van der Waals surface area contributed by atoms with E-state index in [2.05, 4.69) is 9.97 Å². The highest BCUT2D eigenvalue weighted by Crippen LogP contribution is 2.36. The molecular formula is C14H12N4O2S. The molecule has 2 heterocycles. The number of ether oxygens (including phenoxy) is 1. The summed E-state index contributed by atoms with van der Waals surface area (Å²) in [6.07, 6.45) is 0. The van der Waals surface area contributed by atoms with E-state index < -0.39 is 5.97 Å². The molecule has 4 N–H and O–H groups in total. The molecule has 0 radical (unpaired) electrons. The third-order valence-corrected chi connectivity index (χ3v) is 4.10. The molecule has 1 aromatic carbocycles. The number of nitrogens with zero attached hydrogens (tertiary/aromatic N) is 2. The summed E-state index contributed by atoms with van der Waals surface area (Å²) >= 11 is 1.15. The van der Waals surface area contributed by atoms with E-state index in [4.69, 9.17) is 16.2 Å². The van der Waals surface area contributed by atoms with Crippen LogP contribution in [-0.4, -0.2) is 23.0 Å². The number of esters is 1. The van der Waals surface area contributed by atoms with Gasteiger partial charge in [-0.25, -0.2) is 14.8 Å². The first-order chi connectivity index (χ1) is 10.1. The van der Waals surface area contributed by atoms with Crippen LogP contribution in [0.2, 0.25) is 0 Å². The van der Waals surface area contributed by atoms with Crippen LogP contribution in [0.3, 0.4) is 0 Å². The second-order valence-electron chi connectivity index (χ2n) is 4.32. The predicted molar refractivity (Wildman–Crippen MR) is 83.0 cm³/mol. The molecule has 0 amide bonds. The molecule has 7 heteroatoms. The number of carbonyl (C=O) groups is 1. The predicted octanol–water partition coefficient (Wildman–Crippen LogP) is 2.31. The topological polar surface area (TPSA) is 104 Å². The van der Waals surface area contributed by atoms with Gasteiger partial charge in [-0.2, -0.15) is 0 Å². The second-order valence-corrected chi connectivity index (χ2v) is 5.31. The lowest BCUT2D eigenvalue weighted by atomic mass is 10.2. The first-order valence-electron chi connectivity index (χ1n) is 6.11. The van der Waals surface area contributed by atoms with E-state index in [0.29, 0.717) is 20.9 Å². The SMILES string of the molecule is COC(=O)c1sc2nc(-c3ccccc3)nc(N)c2c1N. The van der Waals surface area contributed by atoms with Gasteiger partial charge < -0.3 is 16.2 Å². The molecule has 0 unspecified atom stereocenters. The Balaban J connectivity index is 2.23. The Labute approximate surface area is 124 Å². The minimum Gasteiger partial charge on any atom is -0.465 e. The number of hydrogen-bond acceptors (Lipinski definition) is 7. The third kappa shape index (κ3) is 2.17. The van der Waals surface area contributed by atoms with Crippen molar-refractivity contribution in [3.63, 3.8) is 0 Å². The molecule has 6 nitrogen and oxygen atoms in total. The van der Waals surface area contributed by atoms with Gasteiger partial charge in [0.25, 0.3) is 0 Å². The lowest BCUT2D eigenvalue weighted by molar-refractivity contribution is 0.0607. The monoisotopic (exact) mass is 300 g/mol. The van der Waals surface area contributed by atoms with Crippen LogP contribution >= 0.6 is 11.3 Å². The standard InChI is InChI=1S/C14H12N4O2S/c1-20-14(19)10-9(15)8-11(16)17-12(18-13(8)21-10)7-5-3-2-4-6-7/h2-6H,15H2,1H3,(H2,16,17,18). The molecule has 3 rings (SSSR count). The number of fused-ring (bicyclic) bond motifs is 1. The van der Waals surface area contributed by atoms with Crippen LogP contribution in [0.4, 0.5) is 11.5 Å². The molecule has 0 fully saturated rings. The number of nitrogen functional groups attached to an aromatic ring is 2. The number of methoxy groups -OCH3 is 1. The molecule has 0 saturated carbocycles. The lowest BCUT2D eigenvalue weighted by Gasteiger charge is -2.03. The third-order valence-electron chi connectivity index (χ3n) is 3.02. The summed E-state index contributed by atoms with van der Waals surface area (Å²) in [5, 5.41) is 0.500. The first kappa shape index (κ1) is 13.3. The van der Waals surface area contributed by atoms with Crippen molar-refractivity contribution in [2.75, 3.05) is 18.6 Å². The van der Waals surface area contributed by atoms with Crippen molar-refractivity contribution in [1.29, 1.82) is 0 Å². The summed E-state index contributed by atoms with van der Waals surface area (Å²) in [7, 11) is 1.30. The quantitative estimate of drug-likeness (QED) is 0.704. The molecule has 0 bridgehead atoms. The van der Waals surface area contributed by atoms with Crippen molar-refractivity contribution in [3.05, 3.63) is 35.2 Å². The van der Waals surface area contributed by atoms with Crippen molar-refractivity contribution in [1.82, 2.24) is 9.97 Å². The van der Waals surface area contributed by atoms with E-state index in [9.17, 15) is 4.79 Å². The Kier molecular flexibility index (Phi) is 3.19. The summed E-state index contributed by atoms with van der Waals surface area (Å²) in [6.45, 7) is 0. The molecule has 0 spiro atoms. The Morgan fingerprint density at radius 1 is 1.19 bits per heavy atom. The van der Waals surface area contributed by atoms with Crippen LogP contribution < -0.4 is 11.5 Å². The van der Waals surface area contributed by atoms with E-state index in [1.165, 1.54) is 7.11 Å². The summed E-state index contributed by atoms with van der Waals surface area (Å²) in [5.41, 5.74) is 13.0. The van der Waals surface area contributed by atoms with Crippen LogP contribution in [0.25, 0.3) is 21.6 Å². The summed E-state index contributed by atoms with van der Waals surface area (Å²) in [4.78, 5) is 21.3. The maximum atomic E-state index is 11.7. The van der Waals surface area contributed by atoms with Crippen molar-refractivity contribution < 1.29 is 9.53 Å². The molecule has 0 aliphatic rings. The van der Waals surface area contributed by atoms with E-state index >= 15 is 0 Å². The Morgan fingerprint density at radius 3 is 2.57 bits per heavy atom. The zero-order chi connectivity index (χ0) is 15.0. The molecule has 106 valence electrons. The van der Waals surface area contributed by atoms with Crippen LogP contribution in [0.1, 0.15) is 9.67 Å². The van der Waals surface area contributed by atoms with Crippen LogP contribution in [0.5, 0.6) is 0 Å². The van der Waals surface area contributed by atoms with Gasteiger partial charge in [0.1, 0.15) is 15.5 Å². The lowest BCUT2D eigenvalue weighted by Crippen LogP contribution is -2.02. The highest BCUT2D eigenvalue weighted by atomic mass is 32.1. The zero-order valence-corrected chi connectivity index (χ0v) is 12.0. The minimum absolute atomic E-state index is 0.253. The zero-order valence-electron chi connectivity index (χ0n) is 11.2. The number of nitrogens with two attached hydrogens (primary N) is 2. The second kappa shape index (κ2) is 5.02. The summed E-state index contributed by atoms with van der Waals surface area (Å²) in [5.74, 6) is 0.247. The molecule has 0 aliphatic carbocycles. The molecular weight excluding hydrogens is 288 g/mol. The summed E-state index contributed by atoms with van der Waals surface area (Å²) < 4.78 is 4.70. The van der Waals surface area contributed by atoms with Gasteiger partial charge in [-0.15, -0.1) is 11.3 Å². The number of aromatic nitrogens is 2.